The van der Waals surface area contributed by atoms with Crippen LogP contribution in [0, 0.1) is 40.9 Å². The smallest absolute Gasteiger partial charge is 0.145 e. The van der Waals surface area contributed by atoms with Crippen LogP contribution in [-0.2, 0) is 26.1 Å². The zero-order chi connectivity index (χ0) is 53.8. The average molecular weight is 1040 g/mol. The average Bonchev–Trinajstić information content (AvgIpc) is 3.77. The van der Waals surface area contributed by atoms with E-state index in [9.17, 15) is 35.4 Å². The van der Waals surface area contributed by atoms with E-state index in [4.69, 9.17) is 16.1 Å². The second-order valence-corrected chi connectivity index (χ2v) is 24.2. The number of carbonyl (C=O) groups excluding carboxylic acids is 1. The molecular formula is C63H97N3O9. The molecular weight excluding hydrogens is 943 g/mol. The Morgan fingerprint density at radius 3 is 2.57 bits per heavy atom. The minimum Gasteiger partial charge on any atom is -0.396 e. The fourth-order valence-electron chi connectivity index (χ4n) is 15.7. The van der Waals surface area contributed by atoms with Crippen molar-refractivity contribution in [3.05, 3.63) is 106 Å². The Bertz CT molecular complexity index is 2200. The van der Waals surface area contributed by atoms with Crippen LogP contribution in [0.15, 0.2) is 95.2 Å². The van der Waals surface area contributed by atoms with Crippen LogP contribution in [0.1, 0.15) is 135 Å². The molecule has 1 heterocycles. The van der Waals surface area contributed by atoms with Crippen molar-refractivity contribution in [3.8, 4) is 0 Å². The van der Waals surface area contributed by atoms with Crippen LogP contribution in [-0.4, -0.2) is 139 Å². The number of methoxy groups -OCH3 is 1. The maximum Gasteiger partial charge on any atom is 0.145 e. The highest BCUT2D eigenvalue weighted by atomic mass is 16.5. The molecule has 2 spiro atoms. The number of aldehydes is 1. The number of ether oxygens (including phenoxy) is 2. The summed E-state index contributed by atoms with van der Waals surface area (Å²) in [6.07, 6.45) is 26.5. The highest BCUT2D eigenvalue weighted by Crippen LogP contribution is 2.67. The first-order valence-corrected chi connectivity index (χ1v) is 29.0. The van der Waals surface area contributed by atoms with Gasteiger partial charge in [-0.05, 0) is 164 Å². The van der Waals surface area contributed by atoms with Gasteiger partial charge in [0.05, 0.1) is 37.6 Å². The molecule has 0 radical (unpaired) electrons. The SMILES string of the molecule is C=C(C=CC=C(COCC(O)CO)C1CCC2(C1O)C1C(=C(C)C=O)C(C=CC1CCO)CC2(O)CCNC)C1CC=C(C)CNC(CCOC)(C2CCCC(NCC(C)O)C2)Cc2cccc(c2)C12CCCCC2. The minimum atomic E-state index is -1.28. The van der Waals surface area contributed by atoms with Gasteiger partial charge >= 0.3 is 0 Å². The summed E-state index contributed by atoms with van der Waals surface area (Å²) >= 11 is 0. The quantitative estimate of drug-likeness (QED) is 0.0241. The lowest BCUT2D eigenvalue weighted by molar-refractivity contribution is -0.194. The van der Waals surface area contributed by atoms with Gasteiger partial charge in [0.2, 0.25) is 0 Å². The number of carbonyl (C=O) groups is 1. The van der Waals surface area contributed by atoms with Gasteiger partial charge in [-0.2, -0.15) is 0 Å². The number of rotatable bonds is 22. The van der Waals surface area contributed by atoms with Gasteiger partial charge in [0.15, 0.2) is 0 Å². The Hall–Kier alpha value is -3.11. The lowest BCUT2D eigenvalue weighted by Crippen LogP contribution is -2.65. The van der Waals surface area contributed by atoms with Gasteiger partial charge in [-0.15, -0.1) is 0 Å². The lowest BCUT2D eigenvalue weighted by atomic mass is 9.45. The molecule has 5 aliphatic carbocycles. The summed E-state index contributed by atoms with van der Waals surface area (Å²) < 4.78 is 12.0. The van der Waals surface area contributed by atoms with Crippen LogP contribution >= 0.6 is 0 Å². The molecule has 12 heteroatoms. The zero-order valence-electron chi connectivity index (χ0n) is 46.4. The molecule has 0 aromatic heterocycles. The Morgan fingerprint density at radius 2 is 1.85 bits per heavy atom. The maximum absolute atomic E-state index is 13.2. The molecule has 0 amide bonds. The van der Waals surface area contributed by atoms with Crippen molar-refractivity contribution >= 4 is 6.29 Å². The second-order valence-electron chi connectivity index (χ2n) is 24.2. The highest BCUT2D eigenvalue weighted by Gasteiger charge is 2.68. The monoisotopic (exact) mass is 1040 g/mol. The molecule has 4 bridgehead atoms. The Morgan fingerprint density at radius 1 is 1.05 bits per heavy atom. The first kappa shape index (κ1) is 59.5. The van der Waals surface area contributed by atoms with Crippen molar-refractivity contribution < 1.29 is 44.9 Å². The summed E-state index contributed by atoms with van der Waals surface area (Å²) in [5.41, 5.74) is 4.87. The zero-order valence-corrected chi connectivity index (χ0v) is 46.4. The molecule has 4 saturated carbocycles. The van der Waals surface area contributed by atoms with E-state index in [1.165, 1.54) is 23.1 Å². The largest absolute Gasteiger partial charge is 0.396 e. The molecule has 418 valence electrons. The van der Waals surface area contributed by atoms with Gasteiger partial charge in [0.25, 0.3) is 0 Å². The van der Waals surface area contributed by atoms with Crippen LogP contribution in [0.5, 0.6) is 0 Å². The fourth-order valence-corrected chi connectivity index (χ4v) is 15.7. The van der Waals surface area contributed by atoms with E-state index in [0.717, 1.165) is 100 Å². The van der Waals surface area contributed by atoms with Gasteiger partial charge in [0, 0.05) is 67.7 Å². The van der Waals surface area contributed by atoms with Crippen molar-refractivity contribution in [1.82, 2.24) is 16.0 Å². The minimum absolute atomic E-state index is 0.0593. The Kier molecular flexibility index (Phi) is 21.6. The third kappa shape index (κ3) is 13.2. The normalized spacial score (nSPS) is 34.7. The number of aliphatic hydroxyl groups is 6. The van der Waals surface area contributed by atoms with Crippen LogP contribution < -0.4 is 16.0 Å². The summed E-state index contributed by atoms with van der Waals surface area (Å²) in [4.78, 5) is 12.6. The molecule has 1 aliphatic heterocycles. The van der Waals surface area contributed by atoms with Crippen LogP contribution in [0.4, 0.5) is 0 Å². The predicted molar refractivity (Wildman–Crippen MR) is 299 cm³/mol. The fraction of sp³-hybridized carbons (Fsp3) is 0.698. The van der Waals surface area contributed by atoms with Crippen molar-refractivity contribution in [3.63, 3.8) is 0 Å². The summed E-state index contributed by atoms with van der Waals surface area (Å²) in [5, 5.41) is 78.1. The molecule has 4 fully saturated rings. The van der Waals surface area contributed by atoms with Gasteiger partial charge in [-0.1, -0.05) is 110 Å². The van der Waals surface area contributed by atoms with Gasteiger partial charge < -0.3 is 56.1 Å². The highest BCUT2D eigenvalue weighted by molar-refractivity contribution is 5.74. The molecule has 0 saturated heterocycles. The first-order chi connectivity index (χ1) is 36.1. The molecule has 1 aromatic carbocycles. The maximum atomic E-state index is 13.2. The number of hydrogen-bond acceptors (Lipinski definition) is 12. The van der Waals surface area contributed by atoms with Gasteiger partial charge in [-0.3, -0.25) is 4.79 Å². The van der Waals surface area contributed by atoms with E-state index in [-0.39, 0.29) is 60.6 Å². The van der Waals surface area contributed by atoms with E-state index in [0.29, 0.717) is 69.3 Å². The summed E-state index contributed by atoms with van der Waals surface area (Å²) in [5.74, 6) is -0.588. The third-order valence-corrected chi connectivity index (χ3v) is 19.5. The molecule has 13 atom stereocenters. The number of nitrogens with one attached hydrogen (secondary N) is 3. The van der Waals surface area contributed by atoms with Crippen LogP contribution in [0.25, 0.3) is 0 Å². The van der Waals surface area contributed by atoms with Gasteiger partial charge in [0.1, 0.15) is 12.4 Å². The molecule has 9 N–H and O–H groups in total. The number of aliphatic hydroxyl groups excluding tert-OH is 5. The van der Waals surface area contributed by atoms with E-state index in [1.54, 1.807) is 0 Å². The van der Waals surface area contributed by atoms with Crippen LogP contribution in [0.2, 0.25) is 0 Å². The third-order valence-electron chi connectivity index (χ3n) is 19.5. The summed E-state index contributed by atoms with van der Waals surface area (Å²) in [6.45, 7) is 13.0. The number of benzene rings is 1. The van der Waals surface area contributed by atoms with Crippen molar-refractivity contribution in [2.75, 3.05) is 66.8 Å². The molecule has 1 aromatic rings. The van der Waals surface area contributed by atoms with E-state index in [2.05, 4.69) is 77.5 Å². The van der Waals surface area contributed by atoms with Crippen molar-refractivity contribution in [2.24, 2.45) is 40.9 Å². The topological polar surface area (TPSA) is 193 Å². The number of allylic oxidation sites excluding steroid dienone is 9. The Labute approximate surface area is 450 Å². The Balaban J connectivity index is 1.25. The van der Waals surface area contributed by atoms with E-state index >= 15 is 0 Å². The molecule has 13 unspecified atom stereocenters. The number of hydrogen-bond donors (Lipinski definition) is 9. The predicted octanol–water partition coefficient (Wildman–Crippen LogP) is 7.52. The molecule has 7 rings (SSSR count). The van der Waals surface area contributed by atoms with Crippen LogP contribution in [0.3, 0.4) is 0 Å². The van der Waals surface area contributed by atoms with Gasteiger partial charge in [-0.25, -0.2) is 0 Å². The number of fused-ring (bicyclic) bond motifs is 6. The summed E-state index contributed by atoms with van der Waals surface area (Å²) in [6, 6.07) is 9.86. The summed E-state index contributed by atoms with van der Waals surface area (Å²) in [7, 11) is 3.68. The lowest BCUT2D eigenvalue weighted by Gasteiger charge is -2.61. The molecule has 6 aliphatic rings. The van der Waals surface area contributed by atoms with Crippen molar-refractivity contribution in [2.45, 2.75) is 171 Å². The van der Waals surface area contributed by atoms with E-state index < -0.39 is 35.7 Å². The van der Waals surface area contributed by atoms with Crippen molar-refractivity contribution in [1.29, 1.82) is 0 Å². The van der Waals surface area contributed by atoms with E-state index in [1.807, 2.05) is 34.1 Å². The molecule has 75 heavy (non-hydrogen) atoms. The standard InChI is InChI=1S/C63H97N3O9/c1-43-19-22-56(60(25-8-7-9-26-60)51-16-11-14-47(33-51)35-61(66-37-43,29-32-74-6)52-17-12-18-53(34-52)65-38-46(4)70)44(2)13-10-15-50(41-75-42-54(71)40-69)55-23-27-63(59(55)72)58-48(24-31-67)20-21-49(57(58)45(3)39-68)36-62(63,73)28-30-64-5/h10-11,13-16,19-21,33,39,46,48-49,52-56,58-59,64-67,69-73H,2,7-9,12,17-18,22-32,34-38,40-42H2,1,3-6H3. The second kappa shape index (κ2) is 27.2. The first-order valence-electron chi connectivity index (χ1n) is 29.0. The molecule has 12 nitrogen and oxygen atoms in total.